The van der Waals surface area contributed by atoms with Crippen LogP contribution in [0.5, 0.6) is 0 Å². The van der Waals surface area contributed by atoms with E-state index < -0.39 is 0 Å². The van der Waals surface area contributed by atoms with Crippen molar-refractivity contribution >= 4 is 17.7 Å². The molecule has 1 saturated carbocycles. The maximum atomic E-state index is 12.0. The van der Waals surface area contributed by atoms with Gasteiger partial charge in [0.25, 0.3) is 0 Å². The number of carbonyl (C=O) groups is 1. The van der Waals surface area contributed by atoms with E-state index in [2.05, 4.69) is 16.9 Å². The number of amides is 1. The summed E-state index contributed by atoms with van der Waals surface area (Å²) in [5, 5.41) is 7.38. The predicted octanol–water partition coefficient (Wildman–Crippen LogP) is 2.56. The Hall–Kier alpha value is -0.220. The van der Waals surface area contributed by atoms with E-state index in [1.54, 1.807) is 0 Å². The summed E-state index contributed by atoms with van der Waals surface area (Å²) in [5.41, 5.74) is 0. The monoisotopic (exact) mass is 284 g/mol. The Morgan fingerprint density at radius 3 is 2.79 bits per heavy atom. The van der Waals surface area contributed by atoms with Crippen molar-refractivity contribution in [1.29, 1.82) is 0 Å². The number of nitrogens with one attached hydrogen (secondary N) is 2. The number of hydrogen-bond acceptors (Lipinski definition) is 3. The first-order chi connectivity index (χ1) is 9.28. The Bertz CT molecular complexity index is 279. The van der Waals surface area contributed by atoms with Gasteiger partial charge in [0.15, 0.2) is 0 Å². The molecule has 0 aromatic rings. The van der Waals surface area contributed by atoms with Gasteiger partial charge in [-0.1, -0.05) is 6.42 Å². The molecule has 0 spiro atoms. The van der Waals surface area contributed by atoms with Crippen molar-refractivity contribution in [2.45, 2.75) is 62.7 Å². The van der Waals surface area contributed by atoms with E-state index in [4.69, 9.17) is 0 Å². The van der Waals surface area contributed by atoms with Crippen molar-refractivity contribution < 1.29 is 4.79 Å². The lowest BCUT2D eigenvalue weighted by molar-refractivity contribution is -0.122. The second-order valence-electron chi connectivity index (χ2n) is 6.02. The van der Waals surface area contributed by atoms with Crippen LogP contribution in [0.25, 0.3) is 0 Å². The molecule has 0 bridgehead atoms. The van der Waals surface area contributed by atoms with E-state index in [0.717, 1.165) is 37.1 Å². The van der Waals surface area contributed by atoms with Crippen LogP contribution in [0.4, 0.5) is 0 Å². The Morgan fingerprint density at radius 1 is 1.26 bits per heavy atom. The molecule has 19 heavy (non-hydrogen) atoms. The summed E-state index contributed by atoms with van der Waals surface area (Å²) in [6.45, 7) is 2.26. The van der Waals surface area contributed by atoms with Crippen molar-refractivity contribution in [3.63, 3.8) is 0 Å². The summed E-state index contributed by atoms with van der Waals surface area (Å²) in [4.78, 5) is 12.0. The second kappa shape index (κ2) is 8.15. The lowest BCUT2D eigenvalue weighted by Gasteiger charge is -2.29. The second-order valence-corrected chi connectivity index (χ2v) is 7.16. The summed E-state index contributed by atoms with van der Waals surface area (Å²) in [6, 6.07) is 0.437. The topological polar surface area (TPSA) is 41.1 Å². The lowest BCUT2D eigenvalue weighted by Crippen LogP contribution is -2.39. The maximum Gasteiger partial charge on any atom is 0.220 e. The summed E-state index contributed by atoms with van der Waals surface area (Å²) in [6.07, 6.45) is 11.4. The minimum absolute atomic E-state index is 0.283. The van der Waals surface area contributed by atoms with Crippen molar-refractivity contribution in [3.8, 4) is 0 Å². The Morgan fingerprint density at radius 2 is 2.05 bits per heavy atom. The van der Waals surface area contributed by atoms with Crippen molar-refractivity contribution in [1.82, 2.24) is 10.6 Å². The smallest absolute Gasteiger partial charge is 0.220 e. The first-order valence-electron chi connectivity index (χ1n) is 7.81. The molecule has 2 rings (SSSR count). The summed E-state index contributed by atoms with van der Waals surface area (Å²) in [7, 11) is 0. The van der Waals surface area contributed by atoms with Gasteiger partial charge in [0.05, 0.1) is 0 Å². The van der Waals surface area contributed by atoms with E-state index in [1.807, 2.05) is 11.8 Å². The van der Waals surface area contributed by atoms with Gasteiger partial charge in [-0.2, -0.15) is 11.8 Å². The molecule has 1 aliphatic heterocycles. The van der Waals surface area contributed by atoms with E-state index in [-0.39, 0.29) is 5.91 Å². The highest BCUT2D eigenvalue weighted by molar-refractivity contribution is 7.99. The van der Waals surface area contributed by atoms with Gasteiger partial charge < -0.3 is 10.6 Å². The minimum Gasteiger partial charge on any atom is -0.353 e. The van der Waals surface area contributed by atoms with E-state index >= 15 is 0 Å². The van der Waals surface area contributed by atoms with E-state index in [9.17, 15) is 4.79 Å². The summed E-state index contributed by atoms with van der Waals surface area (Å²) < 4.78 is 0. The van der Waals surface area contributed by atoms with Crippen LogP contribution in [-0.4, -0.2) is 36.5 Å². The molecule has 0 aromatic carbocycles. The van der Waals surface area contributed by atoms with Gasteiger partial charge in [-0.3, -0.25) is 4.79 Å². The van der Waals surface area contributed by atoms with Crippen molar-refractivity contribution in [2.24, 2.45) is 5.92 Å². The van der Waals surface area contributed by atoms with Crippen LogP contribution in [0, 0.1) is 5.92 Å². The number of carbonyl (C=O) groups excluding carboxylic acids is 1. The van der Waals surface area contributed by atoms with E-state index in [1.165, 1.54) is 38.5 Å². The molecule has 1 heterocycles. The van der Waals surface area contributed by atoms with Crippen LogP contribution in [0.3, 0.4) is 0 Å². The maximum absolute atomic E-state index is 12.0. The standard InChI is InChI=1S/C15H28N2OS/c1-19-14-4-2-3-13(11-14)17-15(18)6-5-12-7-9-16-10-8-12/h12-14,16H,2-11H2,1H3,(H,17,18). The molecule has 1 saturated heterocycles. The van der Waals surface area contributed by atoms with Gasteiger partial charge in [-0.15, -0.1) is 0 Å². The van der Waals surface area contributed by atoms with Crippen LogP contribution in [-0.2, 0) is 4.79 Å². The average molecular weight is 284 g/mol. The fourth-order valence-corrected chi connectivity index (χ4v) is 4.12. The minimum atomic E-state index is 0.283. The largest absolute Gasteiger partial charge is 0.353 e. The number of thioether (sulfide) groups is 1. The molecular formula is C15H28N2OS. The Balaban J connectivity index is 1.63. The molecule has 0 aromatic heterocycles. The fourth-order valence-electron chi connectivity index (χ4n) is 3.30. The third kappa shape index (κ3) is 5.35. The first-order valence-corrected chi connectivity index (χ1v) is 9.09. The average Bonchev–Trinajstić information content (AvgIpc) is 2.46. The zero-order chi connectivity index (χ0) is 13.5. The molecule has 2 aliphatic rings. The summed E-state index contributed by atoms with van der Waals surface area (Å²) in [5.74, 6) is 1.04. The zero-order valence-electron chi connectivity index (χ0n) is 12.1. The van der Waals surface area contributed by atoms with Crippen LogP contribution in [0.15, 0.2) is 0 Å². The highest BCUT2D eigenvalue weighted by Crippen LogP contribution is 2.27. The van der Waals surface area contributed by atoms with Gasteiger partial charge in [0.1, 0.15) is 0 Å². The molecule has 2 fully saturated rings. The van der Waals surface area contributed by atoms with Crippen molar-refractivity contribution in [3.05, 3.63) is 0 Å². The molecule has 110 valence electrons. The summed E-state index contributed by atoms with van der Waals surface area (Å²) >= 11 is 1.95. The first kappa shape index (κ1) is 15.2. The Labute approximate surface area is 121 Å². The molecule has 2 unspecified atom stereocenters. The van der Waals surface area contributed by atoms with Crippen LogP contribution in [0.1, 0.15) is 51.4 Å². The molecule has 2 N–H and O–H groups in total. The Kier molecular flexibility index (Phi) is 6.51. The van der Waals surface area contributed by atoms with Gasteiger partial charge in [0, 0.05) is 17.7 Å². The quantitative estimate of drug-likeness (QED) is 0.815. The van der Waals surface area contributed by atoms with Gasteiger partial charge in [-0.05, 0) is 63.8 Å². The normalized spacial score (nSPS) is 29.1. The number of rotatable bonds is 5. The highest BCUT2D eigenvalue weighted by atomic mass is 32.2. The number of hydrogen-bond donors (Lipinski definition) is 2. The fraction of sp³-hybridized carbons (Fsp3) is 0.933. The predicted molar refractivity (Wildman–Crippen MR) is 82.5 cm³/mol. The molecule has 0 radical (unpaired) electrons. The molecule has 4 heteroatoms. The molecular weight excluding hydrogens is 256 g/mol. The van der Waals surface area contributed by atoms with Crippen LogP contribution < -0.4 is 10.6 Å². The van der Waals surface area contributed by atoms with Crippen LogP contribution in [0.2, 0.25) is 0 Å². The SMILES string of the molecule is CSC1CCCC(NC(=O)CCC2CCNCC2)C1. The molecule has 1 amide bonds. The third-order valence-corrected chi connectivity index (χ3v) is 5.66. The van der Waals surface area contributed by atoms with Gasteiger partial charge in [0.2, 0.25) is 5.91 Å². The molecule has 1 aliphatic carbocycles. The third-order valence-electron chi connectivity index (χ3n) is 4.56. The number of piperidine rings is 1. The molecule has 2 atom stereocenters. The van der Waals surface area contributed by atoms with Crippen LogP contribution >= 0.6 is 11.8 Å². The van der Waals surface area contributed by atoms with E-state index in [0.29, 0.717) is 6.04 Å². The lowest BCUT2D eigenvalue weighted by atomic mass is 9.92. The molecule has 3 nitrogen and oxygen atoms in total. The highest BCUT2D eigenvalue weighted by Gasteiger charge is 2.23. The van der Waals surface area contributed by atoms with Crippen molar-refractivity contribution in [2.75, 3.05) is 19.3 Å². The van der Waals surface area contributed by atoms with Gasteiger partial charge in [-0.25, -0.2) is 0 Å². The van der Waals surface area contributed by atoms with Gasteiger partial charge >= 0.3 is 0 Å². The zero-order valence-corrected chi connectivity index (χ0v) is 12.9.